The molecule has 2 N–H and O–H groups in total. The van der Waals surface area contributed by atoms with Gasteiger partial charge in [-0.05, 0) is 46.9 Å². The quantitative estimate of drug-likeness (QED) is 0.665. The molecule has 1 amide bonds. The van der Waals surface area contributed by atoms with Crippen LogP contribution in [0.2, 0.25) is 0 Å². The number of hydrogen-bond donors (Lipinski definition) is 2. The van der Waals surface area contributed by atoms with E-state index in [4.69, 9.17) is 0 Å². The number of amides is 1. The van der Waals surface area contributed by atoms with Crippen LogP contribution in [0.25, 0.3) is 10.9 Å². The summed E-state index contributed by atoms with van der Waals surface area (Å²) in [6.07, 6.45) is 1.84. The van der Waals surface area contributed by atoms with Crippen molar-refractivity contribution >= 4 is 45.1 Å². The molecule has 0 saturated heterocycles. The number of fused-ring (bicyclic) bond motifs is 1. The molecule has 0 aliphatic rings. The molecule has 1 heterocycles. The van der Waals surface area contributed by atoms with Gasteiger partial charge in [-0.3, -0.25) is 4.79 Å². The first-order valence-electron chi connectivity index (χ1n) is 5.88. The number of anilines is 1. The first-order chi connectivity index (χ1) is 9.25. The van der Waals surface area contributed by atoms with Gasteiger partial charge in [0, 0.05) is 15.2 Å². The van der Waals surface area contributed by atoms with E-state index in [1.54, 1.807) is 0 Å². The zero-order chi connectivity index (χ0) is 13.2. The summed E-state index contributed by atoms with van der Waals surface area (Å²) < 4.78 is 1.02. The molecular weight excluding hydrogens is 351 g/mol. The number of carbonyl (C=O) groups is 1. The number of para-hydroxylation sites is 2. The fourth-order valence-electron chi connectivity index (χ4n) is 2.03. The smallest absolute Gasteiger partial charge is 0.257 e. The van der Waals surface area contributed by atoms with E-state index in [2.05, 4.69) is 32.9 Å². The van der Waals surface area contributed by atoms with Gasteiger partial charge in [0.05, 0.1) is 16.8 Å². The number of aromatic nitrogens is 1. The minimum atomic E-state index is -0.0998. The predicted octanol–water partition coefficient (Wildman–Crippen LogP) is 4.02. The average molecular weight is 362 g/mol. The summed E-state index contributed by atoms with van der Waals surface area (Å²) in [6.45, 7) is 0. The van der Waals surface area contributed by atoms with E-state index in [9.17, 15) is 4.79 Å². The van der Waals surface area contributed by atoms with Crippen molar-refractivity contribution in [3.63, 3.8) is 0 Å². The van der Waals surface area contributed by atoms with E-state index in [-0.39, 0.29) is 5.91 Å². The lowest BCUT2D eigenvalue weighted by atomic mass is 10.1. The van der Waals surface area contributed by atoms with Crippen LogP contribution in [0, 0.1) is 3.57 Å². The van der Waals surface area contributed by atoms with Gasteiger partial charge in [0.2, 0.25) is 0 Å². The Morgan fingerprint density at radius 2 is 1.89 bits per heavy atom. The van der Waals surface area contributed by atoms with Crippen molar-refractivity contribution in [2.75, 3.05) is 5.32 Å². The molecule has 0 bridgehead atoms. The fraction of sp³-hybridized carbons (Fsp3) is 0. The third kappa shape index (κ3) is 2.35. The van der Waals surface area contributed by atoms with Gasteiger partial charge in [-0.15, -0.1) is 0 Å². The summed E-state index contributed by atoms with van der Waals surface area (Å²) in [4.78, 5) is 15.5. The maximum Gasteiger partial charge on any atom is 0.257 e. The molecule has 1 aromatic heterocycles. The summed E-state index contributed by atoms with van der Waals surface area (Å²) in [5, 5.41) is 3.98. The standard InChI is InChI=1S/C15H11IN2O/c16-12-6-1-2-7-13(12)18-15(19)11-5-3-4-10-8-9-17-14(10)11/h1-9,17H,(H,18,19). The molecule has 19 heavy (non-hydrogen) atoms. The van der Waals surface area contributed by atoms with Crippen molar-refractivity contribution in [1.82, 2.24) is 4.98 Å². The SMILES string of the molecule is O=C(Nc1ccccc1I)c1cccc2cc[nH]c12. The summed E-state index contributed by atoms with van der Waals surface area (Å²) in [6, 6.07) is 15.4. The normalized spacial score (nSPS) is 10.6. The zero-order valence-electron chi connectivity index (χ0n) is 9.98. The zero-order valence-corrected chi connectivity index (χ0v) is 12.1. The fourth-order valence-corrected chi connectivity index (χ4v) is 2.55. The minimum Gasteiger partial charge on any atom is -0.361 e. The van der Waals surface area contributed by atoms with Crippen LogP contribution in [0.3, 0.4) is 0 Å². The highest BCUT2D eigenvalue weighted by Gasteiger charge is 2.11. The number of rotatable bonds is 2. The molecule has 3 aromatic rings. The highest BCUT2D eigenvalue weighted by Crippen LogP contribution is 2.21. The Balaban J connectivity index is 1.97. The number of H-pyrrole nitrogens is 1. The lowest BCUT2D eigenvalue weighted by Gasteiger charge is -2.08. The average Bonchev–Trinajstić information content (AvgIpc) is 2.89. The monoisotopic (exact) mass is 362 g/mol. The molecule has 0 radical (unpaired) electrons. The van der Waals surface area contributed by atoms with Gasteiger partial charge in [0.1, 0.15) is 0 Å². The summed E-state index contributed by atoms with van der Waals surface area (Å²) in [7, 11) is 0. The Labute approximate surface area is 124 Å². The van der Waals surface area contributed by atoms with Crippen LogP contribution >= 0.6 is 22.6 Å². The van der Waals surface area contributed by atoms with Crippen molar-refractivity contribution in [3.05, 3.63) is 63.9 Å². The minimum absolute atomic E-state index is 0.0998. The van der Waals surface area contributed by atoms with Crippen molar-refractivity contribution in [1.29, 1.82) is 0 Å². The van der Waals surface area contributed by atoms with Crippen molar-refractivity contribution in [2.45, 2.75) is 0 Å². The second-order valence-electron chi connectivity index (χ2n) is 4.18. The van der Waals surface area contributed by atoms with Crippen LogP contribution in [0.5, 0.6) is 0 Å². The number of aromatic amines is 1. The largest absolute Gasteiger partial charge is 0.361 e. The molecule has 0 spiro atoms. The van der Waals surface area contributed by atoms with Crippen LogP contribution in [0.1, 0.15) is 10.4 Å². The summed E-state index contributed by atoms with van der Waals surface area (Å²) >= 11 is 2.21. The van der Waals surface area contributed by atoms with Crippen molar-refractivity contribution < 1.29 is 4.79 Å². The van der Waals surface area contributed by atoms with Gasteiger partial charge in [-0.1, -0.05) is 24.3 Å². The van der Waals surface area contributed by atoms with Crippen LogP contribution in [-0.4, -0.2) is 10.9 Å². The number of hydrogen-bond acceptors (Lipinski definition) is 1. The van der Waals surface area contributed by atoms with E-state index in [1.807, 2.05) is 54.7 Å². The third-order valence-corrected chi connectivity index (χ3v) is 3.89. The maximum absolute atomic E-state index is 12.3. The Morgan fingerprint density at radius 1 is 1.05 bits per heavy atom. The molecule has 3 rings (SSSR count). The first kappa shape index (κ1) is 12.2. The van der Waals surface area contributed by atoms with Gasteiger partial charge in [0.25, 0.3) is 5.91 Å². The van der Waals surface area contributed by atoms with Crippen molar-refractivity contribution in [2.24, 2.45) is 0 Å². The Hall–Kier alpha value is -1.82. The lowest BCUT2D eigenvalue weighted by Crippen LogP contribution is -2.13. The van der Waals surface area contributed by atoms with Crippen LogP contribution < -0.4 is 5.32 Å². The van der Waals surface area contributed by atoms with Crippen LogP contribution in [0.15, 0.2) is 54.7 Å². The van der Waals surface area contributed by atoms with Crippen LogP contribution in [0.4, 0.5) is 5.69 Å². The molecule has 2 aromatic carbocycles. The molecule has 0 saturated carbocycles. The lowest BCUT2D eigenvalue weighted by molar-refractivity contribution is 0.102. The number of halogens is 1. The second-order valence-corrected chi connectivity index (χ2v) is 5.34. The maximum atomic E-state index is 12.3. The third-order valence-electron chi connectivity index (χ3n) is 2.95. The topological polar surface area (TPSA) is 44.9 Å². The molecule has 4 heteroatoms. The van der Waals surface area contributed by atoms with Gasteiger partial charge < -0.3 is 10.3 Å². The van der Waals surface area contributed by atoms with E-state index in [1.165, 1.54) is 0 Å². The molecule has 0 aliphatic carbocycles. The van der Waals surface area contributed by atoms with E-state index < -0.39 is 0 Å². The summed E-state index contributed by atoms with van der Waals surface area (Å²) in [5.41, 5.74) is 2.35. The van der Waals surface area contributed by atoms with Gasteiger partial charge in [-0.25, -0.2) is 0 Å². The van der Waals surface area contributed by atoms with Crippen molar-refractivity contribution in [3.8, 4) is 0 Å². The molecule has 0 atom stereocenters. The number of nitrogens with one attached hydrogen (secondary N) is 2. The number of carbonyl (C=O) groups excluding carboxylic acids is 1. The molecule has 0 aliphatic heterocycles. The van der Waals surface area contributed by atoms with Gasteiger partial charge in [0.15, 0.2) is 0 Å². The Bertz CT molecular complexity index is 748. The van der Waals surface area contributed by atoms with Crippen LogP contribution in [-0.2, 0) is 0 Å². The molecule has 3 nitrogen and oxygen atoms in total. The molecule has 0 unspecified atom stereocenters. The Kier molecular flexibility index (Phi) is 3.25. The number of benzene rings is 2. The first-order valence-corrected chi connectivity index (χ1v) is 6.95. The molecular formula is C15H11IN2O. The Morgan fingerprint density at radius 3 is 2.74 bits per heavy atom. The highest BCUT2D eigenvalue weighted by molar-refractivity contribution is 14.1. The van der Waals surface area contributed by atoms with Gasteiger partial charge in [-0.2, -0.15) is 0 Å². The van der Waals surface area contributed by atoms with E-state index in [0.717, 1.165) is 20.2 Å². The predicted molar refractivity (Wildman–Crippen MR) is 85.4 cm³/mol. The highest BCUT2D eigenvalue weighted by atomic mass is 127. The molecule has 94 valence electrons. The van der Waals surface area contributed by atoms with E-state index >= 15 is 0 Å². The van der Waals surface area contributed by atoms with E-state index in [0.29, 0.717) is 5.56 Å². The molecule has 0 fully saturated rings. The van der Waals surface area contributed by atoms with Gasteiger partial charge >= 0.3 is 0 Å². The second kappa shape index (κ2) is 5.05. The summed E-state index contributed by atoms with van der Waals surface area (Å²) in [5.74, 6) is -0.0998.